The van der Waals surface area contributed by atoms with Crippen LogP contribution in [0.15, 0.2) is 45.3 Å². The average molecular weight is 484 g/mol. The molecule has 0 saturated carbocycles. The van der Waals surface area contributed by atoms with Crippen molar-refractivity contribution in [1.29, 1.82) is 0 Å². The number of carbonyl (C=O) groups is 2. The number of carbonyl (C=O) groups excluding carboxylic acids is 2. The Hall–Kier alpha value is -1.86. The lowest BCUT2D eigenvalue weighted by Gasteiger charge is -2.24. The van der Waals surface area contributed by atoms with Gasteiger partial charge in [0.1, 0.15) is 23.7 Å². The average Bonchev–Trinajstić information content (AvgIpc) is 2.97. The molecule has 3 atom stereocenters. The molecule has 7 heteroatoms. The Bertz CT molecular complexity index is 857. The molecular weight excluding hydrogens is 468 g/mol. The smallest absolute Gasteiger partial charge is 0.303 e. The van der Waals surface area contributed by atoms with Crippen molar-refractivity contribution in [3.05, 3.63) is 56.5 Å². The number of aromatic hydroxyl groups is 1. The summed E-state index contributed by atoms with van der Waals surface area (Å²) < 4.78 is 12.0. The fraction of sp³-hybridized carbons (Fsp3) is 0.263. The quantitative estimate of drug-likeness (QED) is 0.508. The molecule has 1 aliphatic rings. The number of fused-ring (bicyclic) bond motifs is 1. The van der Waals surface area contributed by atoms with Crippen molar-refractivity contribution >= 4 is 43.6 Å². The molecule has 0 spiro atoms. The minimum Gasteiger partial charge on any atom is -0.506 e. The number of halogens is 2. The van der Waals surface area contributed by atoms with Gasteiger partial charge in [0.2, 0.25) is 0 Å². The molecule has 3 rings (SSSR count). The largest absolute Gasteiger partial charge is 0.506 e. The van der Waals surface area contributed by atoms with E-state index in [1.165, 1.54) is 6.92 Å². The highest BCUT2D eigenvalue weighted by Gasteiger charge is 2.43. The van der Waals surface area contributed by atoms with Crippen LogP contribution in [0, 0.1) is 0 Å². The number of para-hydroxylation sites is 1. The van der Waals surface area contributed by atoms with Crippen molar-refractivity contribution in [3.63, 3.8) is 0 Å². The molecule has 0 amide bonds. The Labute approximate surface area is 167 Å². The number of hydrogen-bond acceptors (Lipinski definition) is 5. The summed E-state index contributed by atoms with van der Waals surface area (Å²) in [4.78, 5) is 24.6. The molecule has 1 heterocycles. The van der Waals surface area contributed by atoms with Gasteiger partial charge in [-0.25, -0.2) is 0 Å². The summed E-state index contributed by atoms with van der Waals surface area (Å²) in [6.07, 6.45) is -1.23. The molecule has 136 valence electrons. The molecule has 2 aromatic rings. The maximum absolute atomic E-state index is 13.3. The van der Waals surface area contributed by atoms with Gasteiger partial charge in [-0.15, -0.1) is 0 Å². The van der Waals surface area contributed by atoms with E-state index in [9.17, 15) is 14.7 Å². The van der Waals surface area contributed by atoms with E-state index in [0.29, 0.717) is 20.3 Å². The van der Waals surface area contributed by atoms with Gasteiger partial charge in [-0.3, -0.25) is 9.59 Å². The lowest BCUT2D eigenvalue weighted by molar-refractivity contribution is -0.149. The number of ketones is 1. The van der Waals surface area contributed by atoms with Crippen molar-refractivity contribution in [2.75, 3.05) is 0 Å². The molecule has 0 bridgehead atoms. The third-order valence-electron chi connectivity index (χ3n) is 4.24. The van der Waals surface area contributed by atoms with Gasteiger partial charge in [0.25, 0.3) is 0 Å². The Kier molecular flexibility index (Phi) is 5.39. The van der Waals surface area contributed by atoms with E-state index < -0.39 is 24.1 Å². The first-order valence-corrected chi connectivity index (χ1v) is 9.53. The predicted octanol–water partition coefficient (Wildman–Crippen LogP) is 4.60. The fourth-order valence-corrected chi connectivity index (χ4v) is 4.30. The minimum absolute atomic E-state index is 0.0226. The highest BCUT2D eigenvalue weighted by molar-refractivity contribution is 9.11. The number of benzene rings is 2. The Morgan fingerprint density at radius 3 is 2.42 bits per heavy atom. The van der Waals surface area contributed by atoms with Crippen molar-refractivity contribution in [2.45, 2.75) is 32.0 Å². The molecule has 5 nitrogen and oxygen atoms in total. The minimum atomic E-state index is -0.629. The van der Waals surface area contributed by atoms with Crippen LogP contribution in [0.25, 0.3) is 0 Å². The standard InChI is InChI=1S/C19H16Br2O5/c1-9(25-10(2)22)19-16(12-5-3-4-6-15(12)26-19)17(23)11-7-13(20)18(24)14(21)8-11/h3-9,16,19,24H,1-2H3. The lowest BCUT2D eigenvalue weighted by Crippen LogP contribution is -2.37. The summed E-state index contributed by atoms with van der Waals surface area (Å²) in [5, 5.41) is 9.89. The third-order valence-corrected chi connectivity index (χ3v) is 5.45. The highest BCUT2D eigenvalue weighted by atomic mass is 79.9. The Balaban J connectivity index is 2.03. The molecule has 3 unspecified atom stereocenters. The Morgan fingerprint density at radius 2 is 1.81 bits per heavy atom. The summed E-state index contributed by atoms with van der Waals surface area (Å²) in [5.41, 5.74) is 1.16. The maximum Gasteiger partial charge on any atom is 0.303 e. The number of phenols is 1. The molecule has 1 N–H and O–H groups in total. The molecule has 0 radical (unpaired) electrons. The van der Waals surface area contributed by atoms with Gasteiger partial charge in [-0.1, -0.05) is 18.2 Å². The van der Waals surface area contributed by atoms with E-state index in [-0.39, 0.29) is 11.5 Å². The molecule has 0 aromatic heterocycles. The van der Waals surface area contributed by atoms with Crippen LogP contribution < -0.4 is 4.74 Å². The number of esters is 1. The van der Waals surface area contributed by atoms with Gasteiger partial charge in [-0.2, -0.15) is 0 Å². The van der Waals surface area contributed by atoms with Crippen molar-refractivity contribution in [2.24, 2.45) is 0 Å². The topological polar surface area (TPSA) is 72.8 Å². The summed E-state index contributed by atoms with van der Waals surface area (Å²) >= 11 is 6.50. The number of phenolic OH excluding ortho intramolecular Hbond substituents is 1. The second kappa shape index (κ2) is 7.40. The van der Waals surface area contributed by atoms with Gasteiger partial charge in [0.05, 0.1) is 14.9 Å². The van der Waals surface area contributed by atoms with Crippen LogP contribution in [0.3, 0.4) is 0 Å². The van der Waals surface area contributed by atoms with Crippen LogP contribution in [0.1, 0.15) is 35.7 Å². The molecular formula is C19H16Br2O5. The first-order valence-electron chi connectivity index (χ1n) is 7.94. The molecule has 2 aromatic carbocycles. The van der Waals surface area contributed by atoms with Crippen molar-refractivity contribution < 1.29 is 24.2 Å². The second-order valence-corrected chi connectivity index (χ2v) is 7.77. The van der Waals surface area contributed by atoms with E-state index >= 15 is 0 Å². The van der Waals surface area contributed by atoms with Crippen LogP contribution in [0.4, 0.5) is 0 Å². The zero-order chi connectivity index (χ0) is 19.0. The van der Waals surface area contributed by atoms with Gasteiger partial charge >= 0.3 is 5.97 Å². The molecule has 0 saturated heterocycles. The van der Waals surface area contributed by atoms with Crippen LogP contribution >= 0.6 is 31.9 Å². The van der Waals surface area contributed by atoms with Gasteiger partial charge in [0.15, 0.2) is 5.78 Å². The van der Waals surface area contributed by atoms with E-state index in [4.69, 9.17) is 9.47 Å². The molecule has 1 aliphatic heterocycles. The predicted molar refractivity (Wildman–Crippen MR) is 103 cm³/mol. The SMILES string of the molecule is CC(=O)OC(C)C1Oc2ccccc2C1C(=O)c1cc(Br)c(O)c(Br)c1. The summed E-state index contributed by atoms with van der Waals surface area (Å²) in [6, 6.07) is 10.4. The summed E-state index contributed by atoms with van der Waals surface area (Å²) in [5.74, 6) is -0.608. The van der Waals surface area contributed by atoms with E-state index in [2.05, 4.69) is 31.9 Å². The Morgan fingerprint density at radius 1 is 1.19 bits per heavy atom. The van der Waals surface area contributed by atoms with Crippen LogP contribution in [0.5, 0.6) is 11.5 Å². The van der Waals surface area contributed by atoms with Crippen molar-refractivity contribution in [3.8, 4) is 11.5 Å². The third kappa shape index (κ3) is 3.50. The second-order valence-electron chi connectivity index (χ2n) is 6.07. The normalized spacial score (nSPS) is 19.4. The van der Waals surface area contributed by atoms with Gasteiger partial charge in [0, 0.05) is 18.1 Å². The number of hydrogen-bond donors (Lipinski definition) is 1. The molecule has 0 fully saturated rings. The van der Waals surface area contributed by atoms with Crippen LogP contribution in [-0.2, 0) is 9.53 Å². The zero-order valence-corrected chi connectivity index (χ0v) is 17.2. The lowest BCUT2D eigenvalue weighted by atomic mass is 9.86. The number of rotatable bonds is 4. The fourth-order valence-electron chi connectivity index (χ4n) is 3.11. The number of Topliss-reactive ketones (excluding diaryl/α,β-unsaturated/α-hetero) is 1. The molecule has 0 aliphatic carbocycles. The van der Waals surface area contributed by atoms with Crippen LogP contribution in [0.2, 0.25) is 0 Å². The van der Waals surface area contributed by atoms with E-state index in [1.807, 2.05) is 18.2 Å². The first-order chi connectivity index (χ1) is 12.3. The van der Waals surface area contributed by atoms with Gasteiger partial charge < -0.3 is 14.6 Å². The highest BCUT2D eigenvalue weighted by Crippen LogP contribution is 2.43. The van der Waals surface area contributed by atoms with Crippen molar-refractivity contribution in [1.82, 2.24) is 0 Å². The molecule has 26 heavy (non-hydrogen) atoms. The monoisotopic (exact) mass is 482 g/mol. The number of ether oxygens (including phenoxy) is 2. The van der Waals surface area contributed by atoms with E-state index in [1.54, 1.807) is 25.1 Å². The van der Waals surface area contributed by atoms with Crippen LogP contribution in [-0.4, -0.2) is 29.1 Å². The van der Waals surface area contributed by atoms with Gasteiger partial charge in [-0.05, 0) is 57.0 Å². The zero-order valence-electron chi connectivity index (χ0n) is 14.0. The summed E-state index contributed by atoms with van der Waals surface area (Å²) in [6.45, 7) is 3.03. The summed E-state index contributed by atoms with van der Waals surface area (Å²) in [7, 11) is 0. The maximum atomic E-state index is 13.3. The van der Waals surface area contributed by atoms with E-state index in [0.717, 1.165) is 5.56 Å². The first kappa shape index (κ1) is 18.9.